The van der Waals surface area contributed by atoms with Crippen molar-refractivity contribution in [1.82, 2.24) is 8.75 Å². The Hall–Kier alpha value is -3.12. The fourth-order valence-corrected chi connectivity index (χ4v) is 10.1. The predicted molar refractivity (Wildman–Crippen MR) is 203 cm³/mol. The third-order valence-electron chi connectivity index (χ3n) is 10.0. The van der Waals surface area contributed by atoms with E-state index in [1.165, 1.54) is 129 Å². The zero-order chi connectivity index (χ0) is 31.7. The molecule has 2 nitrogen and oxygen atoms in total. The maximum atomic E-state index is 4.79. The summed E-state index contributed by atoms with van der Waals surface area (Å²) in [6, 6.07) is 28.1. The van der Waals surface area contributed by atoms with Crippen molar-refractivity contribution in [2.45, 2.75) is 97.3 Å². The predicted octanol–water partition coefficient (Wildman–Crippen LogP) is 13.6. The second kappa shape index (κ2) is 13.5. The molecule has 0 amide bonds. The third-order valence-corrected chi connectivity index (χ3v) is 12.7. The van der Waals surface area contributed by atoms with Crippen molar-refractivity contribution in [2.24, 2.45) is 0 Å². The molecule has 0 fully saturated rings. The topological polar surface area (TPSA) is 25.8 Å². The van der Waals surface area contributed by atoms with E-state index < -0.39 is 0 Å². The van der Waals surface area contributed by atoms with Gasteiger partial charge in [0.1, 0.15) is 11.0 Å². The minimum Gasteiger partial charge on any atom is -0.172 e. The first-order valence-corrected chi connectivity index (χ1v) is 19.6. The lowest BCUT2D eigenvalue weighted by molar-refractivity contribution is 0.401. The SMILES string of the molecule is CCCCCCC1(CCCCCC)c2cc(C)ccc2-c2ccc(-c3ccc(-c4ccc(-c5ccc(C)s5)c5nsnc45)s3)cc21. The van der Waals surface area contributed by atoms with Gasteiger partial charge in [0.15, 0.2) is 0 Å². The minimum absolute atomic E-state index is 0.0999. The van der Waals surface area contributed by atoms with Crippen LogP contribution in [0.25, 0.3) is 53.5 Å². The highest BCUT2D eigenvalue weighted by molar-refractivity contribution is 7.19. The first-order valence-electron chi connectivity index (χ1n) is 17.2. The molecule has 6 aromatic rings. The van der Waals surface area contributed by atoms with E-state index >= 15 is 0 Å². The molecular formula is C41H44N2S3. The van der Waals surface area contributed by atoms with Crippen LogP contribution in [-0.4, -0.2) is 8.75 Å². The molecule has 0 saturated heterocycles. The molecule has 3 aromatic heterocycles. The van der Waals surface area contributed by atoms with Crippen molar-refractivity contribution in [3.63, 3.8) is 0 Å². The van der Waals surface area contributed by atoms with Crippen LogP contribution in [0, 0.1) is 13.8 Å². The Morgan fingerprint density at radius 2 is 1.11 bits per heavy atom. The molecule has 3 heterocycles. The standard InChI is InChI=1S/C41H44N2S3/c1-5-7-9-11-23-41(24-12-10-8-6-2)34-25-27(3)13-16-30(34)31-17-15-29(26-35(31)41)36-21-22-38(45-36)33-19-18-32(37-20-14-28(4)44-37)39-40(33)43-46-42-39/h13-22,25-26H,5-12,23-24H2,1-4H3. The van der Waals surface area contributed by atoms with Crippen molar-refractivity contribution >= 4 is 45.4 Å². The molecule has 0 unspecified atom stereocenters. The van der Waals surface area contributed by atoms with Gasteiger partial charge in [-0.05, 0) is 84.8 Å². The molecule has 7 rings (SSSR count). The van der Waals surface area contributed by atoms with Crippen LogP contribution < -0.4 is 0 Å². The smallest absolute Gasteiger partial charge is 0.114 e. The van der Waals surface area contributed by atoms with Gasteiger partial charge in [0.25, 0.3) is 0 Å². The molecule has 0 aliphatic heterocycles. The van der Waals surface area contributed by atoms with Crippen LogP contribution in [-0.2, 0) is 5.41 Å². The number of hydrogen-bond acceptors (Lipinski definition) is 5. The summed E-state index contributed by atoms with van der Waals surface area (Å²) < 4.78 is 9.54. The normalized spacial score (nSPS) is 13.4. The van der Waals surface area contributed by atoms with Gasteiger partial charge in [-0.3, -0.25) is 0 Å². The summed E-state index contributed by atoms with van der Waals surface area (Å²) in [4.78, 5) is 5.16. The number of aromatic nitrogens is 2. The highest BCUT2D eigenvalue weighted by Crippen LogP contribution is 2.55. The molecule has 0 spiro atoms. The summed E-state index contributed by atoms with van der Waals surface area (Å²) in [5.41, 5.74) is 13.3. The summed E-state index contributed by atoms with van der Waals surface area (Å²) in [6.45, 7) is 9.07. The zero-order valence-electron chi connectivity index (χ0n) is 27.6. The Balaban J connectivity index is 1.27. The quantitative estimate of drug-likeness (QED) is 0.115. The summed E-state index contributed by atoms with van der Waals surface area (Å²) in [5, 5.41) is 0. The van der Waals surface area contributed by atoms with Crippen molar-refractivity contribution in [1.29, 1.82) is 0 Å². The number of fused-ring (bicyclic) bond motifs is 4. The fraction of sp³-hybridized carbons (Fsp3) is 0.366. The Kier molecular flexibility index (Phi) is 9.27. The van der Waals surface area contributed by atoms with Crippen molar-refractivity contribution in [2.75, 3.05) is 0 Å². The van der Waals surface area contributed by atoms with E-state index in [-0.39, 0.29) is 5.41 Å². The van der Waals surface area contributed by atoms with Crippen molar-refractivity contribution in [3.05, 3.63) is 94.4 Å². The number of nitrogens with zero attached hydrogens (tertiary/aromatic N) is 2. The first-order chi connectivity index (χ1) is 22.5. The van der Waals surface area contributed by atoms with E-state index in [2.05, 4.69) is 100 Å². The third kappa shape index (κ3) is 5.80. The molecule has 46 heavy (non-hydrogen) atoms. The molecule has 5 heteroatoms. The Morgan fingerprint density at radius 3 is 1.74 bits per heavy atom. The van der Waals surface area contributed by atoms with Gasteiger partial charge in [0, 0.05) is 36.1 Å². The van der Waals surface area contributed by atoms with Gasteiger partial charge in [-0.15, -0.1) is 22.7 Å². The largest absolute Gasteiger partial charge is 0.172 e. The molecule has 0 saturated carbocycles. The number of thiophene rings is 2. The number of benzene rings is 3. The molecule has 0 N–H and O–H groups in total. The summed E-state index contributed by atoms with van der Waals surface area (Å²) in [7, 11) is 0. The van der Waals surface area contributed by atoms with Crippen LogP contribution in [0.3, 0.4) is 0 Å². The Labute approximate surface area is 286 Å². The van der Waals surface area contributed by atoms with Gasteiger partial charge < -0.3 is 0 Å². The lowest BCUT2D eigenvalue weighted by Gasteiger charge is -2.33. The molecule has 1 aliphatic rings. The molecule has 0 atom stereocenters. The van der Waals surface area contributed by atoms with Crippen LogP contribution in [0.15, 0.2) is 72.8 Å². The summed E-state index contributed by atoms with van der Waals surface area (Å²) >= 11 is 5.02. The van der Waals surface area contributed by atoms with Gasteiger partial charge in [0.05, 0.1) is 11.7 Å². The van der Waals surface area contributed by atoms with Gasteiger partial charge in [0.2, 0.25) is 0 Å². The lowest BCUT2D eigenvalue weighted by Crippen LogP contribution is -2.25. The van der Waals surface area contributed by atoms with Crippen LogP contribution in [0.1, 0.15) is 99.6 Å². The average Bonchev–Trinajstić information content (AvgIpc) is 3.88. The zero-order valence-corrected chi connectivity index (χ0v) is 30.1. The van der Waals surface area contributed by atoms with E-state index in [1.54, 1.807) is 11.1 Å². The number of aryl methyl sites for hydroxylation is 2. The molecule has 3 aromatic carbocycles. The van der Waals surface area contributed by atoms with Gasteiger partial charge in [-0.2, -0.15) is 8.75 Å². The Bertz CT molecular complexity index is 1960. The number of rotatable bonds is 13. The van der Waals surface area contributed by atoms with E-state index in [0.29, 0.717) is 0 Å². The number of unbranched alkanes of at least 4 members (excludes halogenated alkanes) is 6. The maximum Gasteiger partial charge on any atom is 0.114 e. The molecule has 0 radical (unpaired) electrons. The second-order valence-electron chi connectivity index (χ2n) is 13.2. The molecule has 0 bridgehead atoms. The van der Waals surface area contributed by atoms with Gasteiger partial charge in [-0.25, -0.2) is 0 Å². The average molecular weight is 661 g/mol. The lowest BCUT2D eigenvalue weighted by atomic mass is 9.70. The van der Waals surface area contributed by atoms with E-state index in [1.807, 2.05) is 22.7 Å². The summed E-state index contributed by atoms with van der Waals surface area (Å²) in [6.07, 6.45) is 12.9. The van der Waals surface area contributed by atoms with E-state index in [4.69, 9.17) is 8.75 Å². The molecule has 236 valence electrons. The Morgan fingerprint density at radius 1 is 0.543 bits per heavy atom. The minimum atomic E-state index is 0.0999. The van der Waals surface area contributed by atoms with Crippen LogP contribution in [0.2, 0.25) is 0 Å². The maximum absolute atomic E-state index is 4.79. The van der Waals surface area contributed by atoms with Crippen molar-refractivity contribution in [3.8, 4) is 42.4 Å². The second-order valence-corrected chi connectivity index (χ2v) is 16.1. The van der Waals surface area contributed by atoms with Gasteiger partial charge >= 0.3 is 0 Å². The molecule has 1 aliphatic carbocycles. The molecular weight excluding hydrogens is 617 g/mol. The van der Waals surface area contributed by atoms with Crippen LogP contribution in [0.4, 0.5) is 0 Å². The number of hydrogen-bond donors (Lipinski definition) is 0. The summed E-state index contributed by atoms with van der Waals surface area (Å²) in [5.74, 6) is 0. The van der Waals surface area contributed by atoms with Crippen LogP contribution >= 0.6 is 34.4 Å². The monoisotopic (exact) mass is 660 g/mol. The van der Waals surface area contributed by atoms with Crippen LogP contribution in [0.5, 0.6) is 0 Å². The van der Waals surface area contributed by atoms with Crippen molar-refractivity contribution < 1.29 is 0 Å². The highest BCUT2D eigenvalue weighted by Gasteiger charge is 2.42. The highest BCUT2D eigenvalue weighted by atomic mass is 32.1. The fourth-order valence-electron chi connectivity index (χ4n) is 7.61. The van der Waals surface area contributed by atoms with E-state index in [9.17, 15) is 0 Å². The van der Waals surface area contributed by atoms with Gasteiger partial charge in [-0.1, -0.05) is 113 Å². The van der Waals surface area contributed by atoms with E-state index in [0.717, 1.165) is 11.0 Å². The first kappa shape index (κ1) is 31.5.